The lowest BCUT2D eigenvalue weighted by atomic mass is 10.1. The second kappa shape index (κ2) is 9.56. The monoisotopic (exact) mass is 323 g/mol. The van der Waals surface area contributed by atoms with Crippen molar-refractivity contribution >= 4 is 5.91 Å². The Balaban J connectivity index is 1.65. The van der Waals surface area contributed by atoms with Gasteiger partial charge in [-0.3, -0.25) is 4.79 Å². The lowest BCUT2D eigenvalue weighted by Gasteiger charge is -2.05. The second-order valence-electron chi connectivity index (χ2n) is 6.04. The molecule has 1 amide bonds. The SMILES string of the molecule is C/C(=C/C(=O)NCCCc1ccc(O)cc1)CCc1ccccc1. The fraction of sp³-hybridized carbons (Fsp3) is 0.286. The Morgan fingerprint density at radius 3 is 2.38 bits per heavy atom. The summed E-state index contributed by atoms with van der Waals surface area (Å²) < 4.78 is 0. The van der Waals surface area contributed by atoms with E-state index in [9.17, 15) is 9.90 Å². The average Bonchev–Trinajstić information content (AvgIpc) is 2.59. The minimum absolute atomic E-state index is 0.0220. The molecule has 126 valence electrons. The molecule has 3 heteroatoms. The van der Waals surface area contributed by atoms with Crippen molar-refractivity contribution in [1.29, 1.82) is 0 Å². The number of aromatic hydroxyl groups is 1. The number of carbonyl (C=O) groups is 1. The minimum Gasteiger partial charge on any atom is -0.508 e. The highest BCUT2D eigenvalue weighted by atomic mass is 16.3. The van der Waals surface area contributed by atoms with Gasteiger partial charge in [-0.2, -0.15) is 0 Å². The Kier molecular flexibility index (Phi) is 7.09. The van der Waals surface area contributed by atoms with Gasteiger partial charge in [0.1, 0.15) is 5.75 Å². The number of hydrogen-bond donors (Lipinski definition) is 2. The molecule has 0 aliphatic carbocycles. The molecule has 0 spiro atoms. The number of rotatable bonds is 8. The van der Waals surface area contributed by atoms with Gasteiger partial charge in [0.25, 0.3) is 0 Å². The zero-order valence-corrected chi connectivity index (χ0v) is 14.2. The van der Waals surface area contributed by atoms with E-state index in [0.717, 1.165) is 36.8 Å². The molecule has 0 aliphatic rings. The predicted octanol–water partition coefficient (Wildman–Crippen LogP) is 4.02. The van der Waals surface area contributed by atoms with Crippen LogP contribution in [0, 0.1) is 0 Å². The van der Waals surface area contributed by atoms with E-state index in [1.54, 1.807) is 18.2 Å². The van der Waals surface area contributed by atoms with Crippen molar-refractivity contribution in [2.75, 3.05) is 6.54 Å². The van der Waals surface area contributed by atoms with Crippen LogP contribution in [0.1, 0.15) is 30.9 Å². The summed E-state index contributed by atoms with van der Waals surface area (Å²) in [4.78, 5) is 11.9. The molecule has 2 aromatic rings. The summed E-state index contributed by atoms with van der Waals surface area (Å²) >= 11 is 0. The van der Waals surface area contributed by atoms with Gasteiger partial charge in [0.2, 0.25) is 5.91 Å². The van der Waals surface area contributed by atoms with Crippen LogP contribution in [0.15, 0.2) is 66.2 Å². The van der Waals surface area contributed by atoms with E-state index in [1.807, 2.05) is 37.3 Å². The number of nitrogens with one attached hydrogen (secondary N) is 1. The van der Waals surface area contributed by atoms with E-state index >= 15 is 0 Å². The highest BCUT2D eigenvalue weighted by Gasteiger charge is 2.00. The van der Waals surface area contributed by atoms with Crippen LogP contribution in [0.4, 0.5) is 0 Å². The highest BCUT2D eigenvalue weighted by molar-refractivity contribution is 5.88. The van der Waals surface area contributed by atoms with Gasteiger partial charge in [-0.25, -0.2) is 0 Å². The molecule has 0 unspecified atom stereocenters. The third-order valence-corrected chi connectivity index (χ3v) is 3.91. The first-order valence-electron chi connectivity index (χ1n) is 8.40. The predicted molar refractivity (Wildman–Crippen MR) is 98.0 cm³/mol. The Labute approximate surface area is 144 Å². The molecule has 0 saturated heterocycles. The van der Waals surface area contributed by atoms with Gasteiger partial charge in [0, 0.05) is 12.6 Å². The van der Waals surface area contributed by atoms with Crippen LogP contribution in [0.2, 0.25) is 0 Å². The highest BCUT2D eigenvalue weighted by Crippen LogP contribution is 2.11. The molecule has 24 heavy (non-hydrogen) atoms. The molecule has 3 nitrogen and oxygen atoms in total. The van der Waals surface area contributed by atoms with E-state index in [0.29, 0.717) is 6.54 Å². The van der Waals surface area contributed by atoms with Crippen molar-refractivity contribution in [2.24, 2.45) is 0 Å². The topological polar surface area (TPSA) is 49.3 Å². The molecule has 2 aromatic carbocycles. The molecule has 0 fully saturated rings. The number of carbonyl (C=O) groups excluding carboxylic acids is 1. The summed E-state index contributed by atoms with van der Waals surface area (Å²) in [5.41, 5.74) is 3.55. The standard InChI is InChI=1S/C21H25NO2/c1-17(9-10-18-6-3-2-4-7-18)16-21(24)22-15-5-8-19-11-13-20(23)14-12-19/h2-4,6-7,11-14,16,23H,5,8-10,15H2,1H3,(H,22,24)/b17-16-. The number of amides is 1. The van der Waals surface area contributed by atoms with Crippen molar-refractivity contribution in [3.05, 3.63) is 77.4 Å². The van der Waals surface area contributed by atoms with Crippen molar-refractivity contribution in [2.45, 2.75) is 32.6 Å². The van der Waals surface area contributed by atoms with Gasteiger partial charge in [0.05, 0.1) is 0 Å². The second-order valence-corrected chi connectivity index (χ2v) is 6.04. The number of benzene rings is 2. The van der Waals surface area contributed by atoms with Crippen LogP contribution in [0.5, 0.6) is 5.75 Å². The molecule has 2 N–H and O–H groups in total. The zero-order chi connectivity index (χ0) is 17.2. The first-order valence-corrected chi connectivity index (χ1v) is 8.40. The molecule has 2 rings (SSSR count). The van der Waals surface area contributed by atoms with E-state index < -0.39 is 0 Å². The summed E-state index contributed by atoms with van der Waals surface area (Å²) in [6.45, 7) is 2.65. The lowest BCUT2D eigenvalue weighted by Crippen LogP contribution is -2.22. The Bertz CT molecular complexity index is 660. The van der Waals surface area contributed by atoms with E-state index in [2.05, 4.69) is 17.4 Å². The molecule has 0 aliphatic heterocycles. The van der Waals surface area contributed by atoms with Crippen LogP contribution in [0.25, 0.3) is 0 Å². The van der Waals surface area contributed by atoms with Gasteiger partial charge >= 0.3 is 0 Å². The Morgan fingerprint density at radius 1 is 1.00 bits per heavy atom. The molecule has 0 atom stereocenters. The molecule has 0 bridgehead atoms. The maximum Gasteiger partial charge on any atom is 0.243 e. The third-order valence-electron chi connectivity index (χ3n) is 3.91. The molecular weight excluding hydrogens is 298 g/mol. The van der Waals surface area contributed by atoms with Crippen LogP contribution < -0.4 is 5.32 Å². The number of allylic oxidation sites excluding steroid dienone is 1. The fourth-order valence-electron chi connectivity index (χ4n) is 2.50. The maximum atomic E-state index is 11.9. The van der Waals surface area contributed by atoms with Crippen LogP contribution in [0.3, 0.4) is 0 Å². The maximum absolute atomic E-state index is 11.9. The largest absolute Gasteiger partial charge is 0.508 e. The normalized spacial score (nSPS) is 11.3. The number of hydrogen-bond acceptors (Lipinski definition) is 2. The summed E-state index contributed by atoms with van der Waals surface area (Å²) in [5.74, 6) is 0.259. The Hall–Kier alpha value is -2.55. The van der Waals surface area contributed by atoms with Crippen molar-refractivity contribution in [3.63, 3.8) is 0 Å². The number of phenols is 1. The van der Waals surface area contributed by atoms with Gasteiger partial charge < -0.3 is 10.4 Å². The Morgan fingerprint density at radius 2 is 1.67 bits per heavy atom. The van der Waals surface area contributed by atoms with Crippen LogP contribution in [-0.2, 0) is 17.6 Å². The first kappa shape index (κ1) is 17.8. The zero-order valence-electron chi connectivity index (χ0n) is 14.2. The first-order chi connectivity index (χ1) is 11.6. The minimum atomic E-state index is -0.0220. The summed E-state index contributed by atoms with van der Waals surface area (Å²) in [6, 6.07) is 17.5. The quantitative estimate of drug-likeness (QED) is 0.569. The molecule has 0 heterocycles. The molecule has 0 aromatic heterocycles. The van der Waals surface area contributed by atoms with Crippen molar-refractivity contribution < 1.29 is 9.90 Å². The van der Waals surface area contributed by atoms with E-state index in [1.165, 1.54) is 5.56 Å². The van der Waals surface area contributed by atoms with Crippen molar-refractivity contribution in [3.8, 4) is 5.75 Å². The van der Waals surface area contributed by atoms with Gasteiger partial charge in [-0.05, 0) is 55.9 Å². The fourth-order valence-corrected chi connectivity index (χ4v) is 2.50. The van der Waals surface area contributed by atoms with Crippen LogP contribution in [-0.4, -0.2) is 17.6 Å². The van der Waals surface area contributed by atoms with Gasteiger partial charge in [-0.1, -0.05) is 48.0 Å². The summed E-state index contributed by atoms with van der Waals surface area (Å²) in [6.07, 6.45) is 5.32. The van der Waals surface area contributed by atoms with Crippen LogP contribution >= 0.6 is 0 Å². The van der Waals surface area contributed by atoms with Gasteiger partial charge in [0.15, 0.2) is 0 Å². The molecule has 0 radical (unpaired) electrons. The molecule has 0 saturated carbocycles. The van der Waals surface area contributed by atoms with Gasteiger partial charge in [-0.15, -0.1) is 0 Å². The summed E-state index contributed by atoms with van der Waals surface area (Å²) in [7, 11) is 0. The van der Waals surface area contributed by atoms with Crippen molar-refractivity contribution in [1.82, 2.24) is 5.32 Å². The summed E-state index contributed by atoms with van der Waals surface area (Å²) in [5, 5.41) is 12.2. The average molecular weight is 323 g/mol. The third kappa shape index (κ3) is 6.69. The van der Waals surface area contributed by atoms with E-state index in [4.69, 9.17) is 0 Å². The number of phenolic OH excluding ortho intramolecular Hbond substituents is 1. The lowest BCUT2D eigenvalue weighted by molar-refractivity contribution is -0.116. The smallest absolute Gasteiger partial charge is 0.243 e. The number of aryl methyl sites for hydroxylation is 2. The van der Waals surface area contributed by atoms with E-state index in [-0.39, 0.29) is 11.7 Å². The molecular formula is C21H25NO2.